The average molecular weight is 257 g/mol. The van der Waals surface area contributed by atoms with Crippen LogP contribution in [0.25, 0.3) is 0 Å². The van der Waals surface area contributed by atoms with Gasteiger partial charge >= 0.3 is 12.0 Å². The lowest BCUT2D eigenvalue weighted by molar-refractivity contribution is -0.137. The Hall–Kier alpha value is -1.63. The number of carboxylic acid groups (broad SMARTS) is 1. The molecule has 94 valence electrons. The maximum atomic E-state index is 11.8. The zero-order chi connectivity index (χ0) is 12.8. The summed E-state index contributed by atoms with van der Waals surface area (Å²) in [5, 5.41) is 13.6. The van der Waals surface area contributed by atoms with E-state index in [1.807, 2.05) is 12.3 Å². The number of thiazole rings is 1. The number of rotatable bonds is 5. The van der Waals surface area contributed by atoms with E-state index in [0.29, 0.717) is 11.7 Å². The van der Waals surface area contributed by atoms with Crippen molar-refractivity contribution in [1.82, 2.24) is 9.88 Å². The third kappa shape index (κ3) is 4.39. The van der Waals surface area contributed by atoms with Crippen molar-refractivity contribution in [1.29, 1.82) is 0 Å². The predicted octanol–water partition coefficient (Wildman–Crippen LogP) is 1.78. The zero-order valence-electron chi connectivity index (χ0n) is 9.77. The molecule has 6 nitrogen and oxygen atoms in total. The first-order chi connectivity index (χ1) is 8.02. The third-order valence-corrected chi connectivity index (χ3v) is 2.97. The Balaban J connectivity index is 2.51. The summed E-state index contributed by atoms with van der Waals surface area (Å²) in [6, 6.07) is -0.317. The van der Waals surface area contributed by atoms with Crippen LogP contribution < -0.4 is 5.32 Å². The highest BCUT2D eigenvalue weighted by atomic mass is 32.1. The fourth-order valence-electron chi connectivity index (χ4n) is 1.22. The van der Waals surface area contributed by atoms with Gasteiger partial charge in [-0.3, -0.25) is 10.1 Å². The molecule has 0 unspecified atom stereocenters. The van der Waals surface area contributed by atoms with Crippen molar-refractivity contribution in [2.75, 3.05) is 18.4 Å². The quantitative estimate of drug-likeness (QED) is 0.842. The smallest absolute Gasteiger partial charge is 0.323 e. The van der Waals surface area contributed by atoms with E-state index >= 15 is 0 Å². The fourth-order valence-corrected chi connectivity index (χ4v) is 1.89. The predicted molar refractivity (Wildman–Crippen MR) is 65.4 cm³/mol. The SMILES string of the molecule is CCN(CCC(=O)O)C(=O)Nc1nc(C)cs1. The van der Waals surface area contributed by atoms with Crippen molar-refractivity contribution >= 4 is 28.5 Å². The number of anilines is 1. The summed E-state index contributed by atoms with van der Waals surface area (Å²) in [7, 11) is 0. The van der Waals surface area contributed by atoms with Crippen molar-refractivity contribution in [2.24, 2.45) is 0 Å². The molecule has 0 spiro atoms. The Bertz CT molecular complexity index is 405. The molecule has 0 fully saturated rings. The van der Waals surface area contributed by atoms with Gasteiger partial charge in [0.1, 0.15) is 0 Å². The number of aromatic nitrogens is 1. The normalized spacial score (nSPS) is 10.0. The Morgan fingerprint density at radius 3 is 2.76 bits per heavy atom. The molecule has 2 amide bonds. The molecule has 7 heteroatoms. The largest absolute Gasteiger partial charge is 0.481 e. The number of aryl methyl sites for hydroxylation is 1. The average Bonchev–Trinajstić information content (AvgIpc) is 2.64. The minimum absolute atomic E-state index is 0.0574. The summed E-state index contributed by atoms with van der Waals surface area (Å²) in [6.07, 6.45) is -0.0574. The van der Waals surface area contributed by atoms with Crippen molar-refractivity contribution in [3.8, 4) is 0 Å². The highest BCUT2D eigenvalue weighted by molar-refractivity contribution is 7.13. The molecular weight excluding hydrogens is 242 g/mol. The van der Waals surface area contributed by atoms with Gasteiger partial charge in [-0.15, -0.1) is 11.3 Å². The first-order valence-electron chi connectivity index (χ1n) is 5.22. The Morgan fingerprint density at radius 1 is 1.59 bits per heavy atom. The molecule has 2 N–H and O–H groups in total. The Kier molecular flexibility index (Phi) is 4.89. The lowest BCUT2D eigenvalue weighted by Gasteiger charge is -2.19. The van der Waals surface area contributed by atoms with Crippen molar-refractivity contribution in [3.63, 3.8) is 0 Å². The van der Waals surface area contributed by atoms with Crippen LogP contribution in [-0.4, -0.2) is 40.1 Å². The van der Waals surface area contributed by atoms with Gasteiger partial charge in [0.05, 0.1) is 12.1 Å². The zero-order valence-corrected chi connectivity index (χ0v) is 10.6. The topological polar surface area (TPSA) is 82.5 Å². The molecule has 1 rings (SSSR count). The molecule has 0 saturated heterocycles. The summed E-state index contributed by atoms with van der Waals surface area (Å²) in [5.74, 6) is -0.915. The molecule has 1 aromatic heterocycles. The molecule has 0 aromatic carbocycles. The highest BCUT2D eigenvalue weighted by Gasteiger charge is 2.14. The van der Waals surface area contributed by atoms with Crippen LogP contribution in [0.15, 0.2) is 5.38 Å². The Labute approximate surface area is 103 Å². The molecule has 0 bridgehead atoms. The number of aliphatic carboxylic acids is 1. The molecule has 0 saturated carbocycles. The van der Waals surface area contributed by atoms with Gasteiger partial charge in [-0.1, -0.05) is 0 Å². The number of amides is 2. The summed E-state index contributed by atoms with van der Waals surface area (Å²) in [4.78, 5) is 27.7. The van der Waals surface area contributed by atoms with E-state index in [1.54, 1.807) is 6.92 Å². The minimum Gasteiger partial charge on any atom is -0.481 e. The number of carbonyl (C=O) groups is 2. The van der Waals surface area contributed by atoms with Gasteiger partial charge < -0.3 is 10.0 Å². The molecule has 17 heavy (non-hydrogen) atoms. The maximum Gasteiger partial charge on any atom is 0.323 e. The second kappa shape index (κ2) is 6.19. The van der Waals surface area contributed by atoms with Crippen LogP contribution in [0.4, 0.5) is 9.93 Å². The van der Waals surface area contributed by atoms with E-state index < -0.39 is 5.97 Å². The summed E-state index contributed by atoms with van der Waals surface area (Å²) >= 11 is 1.34. The van der Waals surface area contributed by atoms with Crippen LogP contribution >= 0.6 is 11.3 Å². The van der Waals surface area contributed by atoms with Crippen LogP contribution in [-0.2, 0) is 4.79 Å². The van der Waals surface area contributed by atoms with Crippen LogP contribution in [0.2, 0.25) is 0 Å². The van der Waals surface area contributed by atoms with Crippen molar-refractivity contribution in [2.45, 2.75) is 20.3 Å². The number of nitrogens with one attached hydrogen (secondary N) is 1. The second-order valence-electron chi connectivity index (χ2n) is 3.45. The van der Waals surface area contributed by atoms with Crippen LogP contribution in [0.3, 0.4) is 0 Å². The van der Waals surface area contributed by atoms with Gasteiger partial charge in [-0.2, -0.15) is 0 Å². The van der Waals surface area contributed by atoms with Gasteiger partial charge in [0.15, 0.2) is 5.13 Å². The van der Waals surface area contributed by atoms with Crippen LogP contribution in [0, 0.1) is 6.92 Å². The van der Waals surface area contributed by atoms with Crippen molar-refractivity contribution < 1.29 is 14.7 Å². The van der Waals surface area contributed by atoms with Crippen molar-refractivity contribution in [3.05, 3.63) is 11.1 Å². The van der Waals surface area contributed by atoms with Crippen LogP contribution in [0.5, 0.6) is 0 Å². The van der Waals surface area contributed by atoms with Gasteiger partial charge in [0, 0.05) is 18.5 Å². The molecule has 1 aromatic rings. The van der Waals surface area contributed by atoms with Crippen LogP contribution in [0.1, 0.15) is 19.0 Å². The monoisotopic (exact) mass is 257 g/mol. The number of carbonyl (C=O) groups excluding carboxylic acids is 1. The van der Waals surface area contributed by atoms with E-state index in [2.05, 4.69) is 10.3 Å². The fraction of sp³-hybridized carbons (Fsp3) is 0.500. The number of hydrogen-bond acceptors (Lipinski definition) is 4. The Morgan fingerprint density at radius 2 is 2.29 bits per heavy atom. The number of carboxylic acids is 1. The molecule has 0 atom stereocenters. The first-order valence-corrected chi connectivity index (χ1v) is 6.10. The van der Waals surface area contributed by atoms with Gasteiger partial charge in [0.25, 0.3) is 0 Å². The van der Waals surface area contributed by atoms with E-state index in [4.69, 9.17) is 5.11 Å². The first kappa shape index (κ1) is 13.4. The molecule has 0 aliphatic heterocycles. The van der Waals surface area contributed by atoms with Gasteiger partial charge in [-0.25, -0.2) is 9.78 Å². The standard InChI is InChI=1S/C10H15N3O3S/c1-3-13(5-4-8(14)15)10(16)12-9-11-7(2)6-17-9/h6H,3-5H2,1-2H3,(H,14,15)(H,11,12,16). The number of urea groups is 1. The number of nitrogens with zero attached hydrogens (tertiary/aromatic N) is 2. The van der Waals surface area contributed by atoms with Gasteiger partial charge in [0.2, 0.25) is 0 Å². The number of hydrogen-bond donors (Lipinski definition) is 2. The molecule has 0 aliphatic carbocycles. The summed E-state index contributed by atoms with van der Waals surface area (Å²) in [6.45, 7) is 4.30. The lowest BCUT2D eigenvalue weighted by atomic mass is 10.4. The molecule has 0 aliphatic rings. The molecular formula is C10H15N3O3S. The maximum absolute atomic E-state index is 11.8. The van der Waals surface area contributed by atoms with E-state index in [9.17, 15) is 9.59 Å². The highest BCUT2D eigenvalue weighted by Crippen LogP contribution is 2.14. The molecule has 0 radical (unpaired) electrons. The summed E-state index contributed by atoms with van der Waals surface area (Å²) in [5.41, 5.74) is 0.846. The molecule has 1 heterocycles. The van der Waals surface area contributed by atoms with E-state index in [0.717, 1.165) is 5.69 Å². The lowest BCUT2D eigenvalue weighted by Crippen LogP contribution is -2.36. The third-order valence-electron chi connectivity index (χ3n) is 2.10. The summed E-state index contributed by atoms with van der Waals surface area (Å²) < 4.78 is 0. The second-order valence-corrected chi connectivity index (χ2v) is 4.31. The van der Waals surface area contributed by atoms with E-state index in [1.165, 1.54) is 16.2 Å². The minimum atomic E-state index is -0.915. The van der Waals surface area contributed by atoms with Gasteiger partial charge in [-0.05, 0) is 13.8 Å². The van der Waals surface area contributed by atoms with E-state index in [-0.39, 0.29) is 19.0 Å².